The molecule has 0 amide bonds. The summed E-state index contributed by atoms with van der Waals surface area (Å²) in [6.45, 7) is 18.4. The van der Waals surface area contributed by atoms with Crippen LogP contribution >= 0.6 is 0 Å². The van der Waals surface area contributed by atoms with E-state index in [-0.39, 0.29) is 0 Å². The molecule has 5 aromatic carbocycles. The van der Waals surface area contributed by atoms with Crippen molar-refractivity contribution in [1.82, 2.24) is 4.98 Å². The fraction of sp³-hybridized carbons (Fsp3) is 0.326. The Balaban J connectivity index is 1.51. The molecule has 0 fully saturated rings. The molecule has 0 aliphatic carbocycles. The van der Waals surface area contributed by atoms with Crippen LogP contribution in [0.1, 0.15) is 89.5 Å². The highest BCUT2D eigenvalue weighted by Crippen LogP contribution is 2.40. The van der Waals surface area contributed by atoms with Crippen LogP contribution in [-0.2, 0) is 12.8 Å². The van der Waals surface area contributed by atoms with Crippen LogP contribution < -0.4 is 0 Å². The molecule has 6 aromatic rings. The molecule has 6 rings (SSSR count). The molecule has 1 heteroatoms. The molecular formula is C43H47N. The van der Waals surface area contributed by atoms with Crippen molar-refractivity contribution in [3.63, 3.8) is 0 Å². The molecule has 0 unspecified atom stereocenters. The van der Waals surface area contributed by atoms with Gasteiger partial charge in [-0.15, -0.1) is 0 Å². The summed E-state index contributed by atoms with van der Waals surface area (Å²) in [7, 11) is 0. The van der Waals surface area contributed by atoms with Crippen molar-refractivity contribution in [3.05, 3.63) is 113 Å². The van der Waals surface area contributed by atoms with Gasteiger partial charge in [0.05, 0.1) is 5.69 Å². The van der Waals surface area contributed by atoms with Gasteiger partial charge < -0.3 is 0 Å². The Morgan fingerprint density at radius 2 is 1.05 bits per heavy atom. The number of aromatic nitrogens is 1. The molecule has 0 aliphatic heterocycles. The Morgan fingerprint density at radius 1 is 0.500 bits per heavy atom. The van der Waals surface area contributed by atoms with Crippen molar-refractivity contribution in [3.8, 4) is 22.4 Å². The Morgan fingerprint density at radius 3 is 1.66 bits per heavy atom. The molecule has 0 radical (unpaired) electrons. The summed E-state index contributed by atoms with van der Waals surface area (Å²) in [6.07, 6.45) is 4.17. The summed E-state index contributed by atoms with van der Waals surface area (Å²) < 4.78 is 0. The van der Waals surface area contributed by atoms with E-state index in [2.05, 4.69) is 140 Å². The van der Waals surface area contributed by atoms with Crippen LogP contribution in [0.2, 0.25) is 0 Å². The SMILES string of the molecule is CC(C)Cc1cc(CC(C)C)cc(-c2nccc3c2ccc2c4ccc(-c5c(C(C)C)cccc5C(C)C)cc4ccc32)c1. The van der Waals surface area contributed by atoms with E-state index >= 15 is 0 Å². The molecule has 0 aliphatic rings. The van der Waals surface area contributed by atoms with E-state index < -0.39 is 0 Å². The lowest BCUT2D eigenvalue weighted by Gasteiger charge is -2.20. The number of hydrogen-bond donors (Lipinski definition) is 0. The lowest BCUT2D eigenvalue weighted by Crippen LogP contribution is -2.00. The molecular weight excluding hydrogens is 530 g/mol. The van der Waals surface area contributed by atoms with Gasteiger partial charge in [0.15, 0.2) is 0 Å². The topological polar surface area (TPSA) is 12.9 Å². The maximum atomic E-state index is 4.98. The minimum atomic E-state index is 0.470. The summed E-state index contributed by atoms with van der Waals surface area (Å²) in [5.74, 6) is 2.17. The second-order valence-electron chi connectivity index (χ2n) is 14.3. The largest absolute Gasteiger partial charge is 0.256 e. The number of rotatable bonds is 8. The molecule has 0 bridgehead atoms. The normalized spacial score (nSPS) is 12.2. The quantitative estimate of drug-likeness (QED) is 0.164. The predicted octanol–water partition coefficient (Wildman–Crippen LogP) is 12.5. The summed E-state index contributed by atoms with van der Waals surface area (Å²) in [5, 5.41) is 7.67. The van der Waals surface area contributed by atoms with Gasteiger partial charge in [0, 0.05) is 17.1 Å². The van der Waals surface area contributed by atoms with E-state index in [9.17, 15) is 0 Å². The van der Waals surface area contributed by atoms with E-state index in [1.807, 2.05) is 6.20 Å². The van der Waals surface area contributed by atoms with E-state index in [4.69, 9.17) is 4.98 Å². The third-order valence-electron chi connectivity index (χ3n) is 9.03. The van der Waals surface area contributed by atoms with Crippen LogP contribution in [0.4, 0.5) is 0 Å². The van der Waals surface area contributed by atoms with E-state index in [1.54, 1.807) is 0 Å². The fourth-order valence-electron chi connectivity index (χ4n) is 7.16. The standard InChI is InChI=1S/C43H47N/c1-26(2)20-30-22-31(21-27(3)4)24-34(23-30)43-41-17-16-38-37-14-13-33(25-32(37)12-15-39(38)40(41)18-19-44-43)42-35(28(5)6)10-9-11-36(42)29(7)8/h9-19,22-29H,20-21H2,1-8H3. The average molecular weight is 578 g/mol. The number of benzene rings is 5. The van der Waals surface area contributed by atoms with Crippen molar-refractivity contribution < 1.29 is 0 Å². The molecule has 1 heterocycles. The third-order valence-corrected chi connectivity index (χ3v) is 9.03. The van der Waals surface area contributed by atoms with Crippen LogP contribution in [-0.4, -0.2) is 4.98 Å². The maximum Gasteiger partial charge on any atom is 0.0780 e. The molecule has 0 N–H and O–H groups in total. The second kappa shape index (κ2) is 12.2. The third kappa shape index (κ3) is 5.77. The number of pyridine rings is 1. The lowest BCUT2D eigenvalue weighted by atomic mass is 9.84. The number of hydrogen-bond acceptors (Lipinski definition) is 1. The Labute approximate surface area is 264 Å². The van der Waals surface area contributed by atoms with E-state index in [0.29, 0.717) is 23.7 Å². The molecule has 0 saturated heterocycles. The molecule has 0 saturated carbocycles. The van der Waals surface area contributed by atoms with Crippen LogP contribution in [0, 0.1) is 11.8 Å². The first-order chi connectivity index (χ1) is 21.1. The first-order valence-corrected chi connectivity index (χ1v) is 16.6. The fourth-order valence-corrected chi connectivity index (χ4v) is 7.16. The maximum absolute atomic E-state index is 4.98. The molecule has 224 valence electrons. The Kier molecular flexibility index (Phi) is 8.34. The summed E-state index contributed by atoms with van der Waals surface area (Å²) in [5.41, 5.74) is 10.7. The van der Waals surface area contributed by atoms with Crippen molar-refractivity contribution in [2.75, 3.05) is 0 Å². The zero-order chi connectivity index (χ0) is 31.1. The zero-order valence-corrected chi connectivity index (χ0v) is 27.8. The van der Waals surface area contributed by atoms with Gasteiger partial charge in [-0.2, -0.15) is 0 Å². The second-order valence-corrected chi connectivity index (χ2v) is 14.3. The van der Waals surface area contributed by atoms with E-state index in [1.165, 1.54) is 71.3 Å². The smallest absolute Gasteiger partial charge is 0.0780 e. The Hall–Kier alpha value is -3.97. The average Bonchev–Trinajstić information content (AvgIpc) is 2.98. The Bertz CT molecular complexity index is 1920. The van der Waals surface area contributed by atoms with Crippen LogP contribution in [0.25, 0.3) is 54.7 Å². The summed E-state index contributed by atoms with van der Waals surface area (Å²) >= 11 is 0. The van der Waals surface area contributed by atoms with Gasteiger partial charge in [0.25, 0.3) is 0 Å². The van der Waals surface area contributed by atoms with Gasteiger partial charge in [-0.05, 0) is 121 Å². The van der Waals surface area contributed by atoms with Gasteiger partial charge >= 0.3 is 0 Å². The van der Waals surface area contributed by atoms with Gasteiger partial charge in [-0.3, -0.25) is 4.98 Å². The lowest BCUT2D eigenvalue weighted by molar-refractivity contribution is 0.636. The van der Waals surface area contributed by atoms with Gasteiger partial charge in [0.1, 0.15) is 0 Å². The first-order valence-electron chi connectivity index (χ1n) is 16.6. The van der Waals surface area contributed by atoms with Crippen molar-refractivity contribution in [2.45, 2.75) is 80.1 Å². The van der Waals surface area contributed by atoms with Crippen LogP contribution in [0.5, 0.6) is 0 Å². The minimum Gasteiger partial charge on any atom is -0.256 e. The monoisotopic (exact) mass is 577 g/mol. The molecule has 44 heavy (non-hydrogen) atoms. The van der Waals surface area contributed by atoms with Crippen LogP contribution in [0.3, 0.4) is 0 Å². The molecule has 0 spiro atoms. The predicted molar refractivity (Wildman–Crippen MR) is 193 cm³/mol. The highest BCUT2D eigenvalue weighted by Gasteiger charge is 2.17. The highest BCUT2D eigenvalue weighted by molar-refractivity contribution is 6.19. The van der Waals surface area contributed by atoms with Crippen molar-refractivity contribution in [2.24, 2.45) is 11.8 Å². The molecule has 1 aromatic heterocycles. The highest BCUT2D eigenvalue weighted by atomic mass is 14.7. The van der Waals surface area contributed by atoms with Crippen molar-refractivity contribution in [1.29, 1.82) is 0 Å². The number of nitrogens with zero attached hydrogens (tertiary/aromatic N) is 1. The van der Waals surface area contributed by atoms with Gasteiger partial charge in [-0.1, -0.05) is 116 Å². The van der Waals surface area contributed by atoms with Gasteiger partial charge in [-0.25, -0.2) is 0 Å². The summed E-state index contributed by atoms with van der Waals surface area (Å²) in [6, 6.07) is 32.5. The van der Waals surface area contributed by atoms with Gasteiger partial charge in [0.2, 0.25) is 0 Å². The summed E-state index contributed by atoms with van der Waals surface area (Å²) in [4.78, 5) is 4.98. The first kappa shape index (κ1) is 30.1. The van der Waals surface area contributed by atoms with Crippen LogP contribution in [0.15, 0.2) is 91.1 Å². The number of fused-ring (bicyclic) bond motifs is 5. The minimum absolute atomic E-state index is 0.470. The van der Waals surface area contributed by atoms with E-state index in [0.717, 1.165) is 18.5 Å². The molecule has 1 nitrogen and oxygen atoms in total. The molecule has 0 atom stereocenters. The zero-order valence-electron chi connectivity index (χ0n) is 27.8. The van der Waals surface area contributed by atoms with Crippen molar-refractivity contribution >= 4 is 32.3 Å².